The quantitative estimate of drug-likeness (QED) is 0.822. The Morgan fingerprint density at radius 3 is 3.25 bits per heavy atom. The standard InChI is InChI=1S/C13H17NO2/c1-2-10-3-4-11(8-13(10)15-7-1)16-12-5-6-14-9-12/h3-4,8,12,14H,1-2,5-7,9H2. The van der Waals surface area contributed by atoms with Gasteiger partial charge in [0.15, 0.2) is 0 Å². The van der Waals surface area contributed by atoms with Gasteiger partial charge in [-0.3, -0.25) is 0 Å². The zero-order valence-corrected chi connectivity index (χ0v) is 9.37. The molecule has 1 aromatic carbocycles. The Bertz CT molecular complexity index is 372. The Balaban J connectivity index is 1.74. The average molecular weight is 219 g/mol. The van der Waals surface area contributed by atoms with Gasteiger partial charge in [0.2, 0.25) is 0 Å². The maximum absolute atomic E-state index is 5.90. The van der Waals surface area contributed by atoms with E-state index in [1.54, 1.807) is 0 Å². The minimum Gasteiger partial charge on any atom is -0.493 e. The Kier molecular flexibility index (Phi) is 2.70. The Labute approximate surface area is 95.8 Å². The second-order valence-corrected chi connectivity index (χ2v) is 4.45. The van der Waals surface area contributed by atoms with E-state index < -0.39 is 0 Å². The van der Waals surface area contributed by atoms with E-state index in [0.29, 0.717) is 6.10 Å². The SMILES string of the molecule is c1cc2c(cc1OC1CCNC1)OCCC2. The summed E-state index contributed by atoms with van der Waals surface area (Å²) in [7, 11) is 0. The molecule has 1 unspecified atom stereocenters. The predicted molar refractivity (Wildman–Crippen MR) is 62.2 cm³/mol. The Morgan fingerprint density at radius 1 is 1.38 bits per heavy atom. The van der Waals surface area contributed by atoms with Gasteiger partial charge in [-0.2, -0.15) is 0 Å². The lowest BCUT2D eigenvalue weighted by Gasteiger charge is -2.19. The van der Waals surface area contributed by atoms with Crippen LogP contribution in [0, 0.1) is 0 Å². The van der Waals surface area contributed by atoms with Gasteiger partial charge in [0.1, 0.15) is 17.6 Å². The summed E-state index contributed by atoms with van der Waals surface area (Å²) in [5.74, 6) is 1.95. The van der Waals surface area contributed by atoms with E-state index in [-0.39, 0.29) is 0 Å². The third kappa shape index (κ3) is 2.00. The molecule has 3 heteroatoms. The zero-order valence-electron chi connectivity index (χ0n) is 9.37. The first kappa shape index (κ1) is 9.97. The van der Waals surface area contributed by atoms with Gasteiger partial charge in [-0.1, -0.05) is 6.07 Å². The van der Waals surface area contributed by atoms with Crippen LogP contribution in [0.1, 0.15) is 18.4 Å². The van der Waals surface area contributed by atoms with Crippen molar-refractivity contribution in [3.05, 3.63) is 23.8 Å². The van der Waals surface area contributed by atoms with Gasteiger partial charge in [0.25, 0.3) is 0 Å². The minimum atomic E-state index is 0.321. The molecule has 2 aliphatic rings. The lowest BCUT2D eigenvalue weighted by molar-refractivity contribution is 0.220. The van der Waals surface area contributed by atoms with Crippen molar-refractivity contribution in [3.63, 3.8) is 0 Å². The molecule has 86 valence electrons. The van der Waals surface area contributed by atoms with Gasteiger partial charge in [0.05, 0.1) is 6.61 Å². The Morgan fingerprint density at radius 2 is 2.38 bits per heavy atom. The fraction of sp³-hybridized carbons (Fsp3) is 0.538. The van der Waals surface area contributed by atoms with E-state index in [4.69, 9.17) is 9.47 Å². The highest BCUT2D eigenvalue weighted by atomic mass is 16.5. The van der Waals surface area contributed by atoms with E-state index in [0.717, 1.165) is 50.5 Å². The molecule has 0 amide bonds. The summed E-state index contributed by atoms with van der Waals surface area (Å²) in [6, 6.07) is 6.23. The van der Waals surface area contributed by atoms with Gasteiger partial charge < -0.3 is 14.8 Å². The van der Waals surface area contributed by atoms with E-state index >= 15 is 0 Å². The van der Waals surface area contributed by atoms with Crippen molar-refractivity contribution >= 4 is 0 Å². The van der Waals surface area contributed by atoms with Crippen LogP contribution >= 0.6 is 0 Å². The molecule has 16 heavy (non-hydrogen) atoms. The molecule has 1 saturated heterocycles. The number of fused-ring (bicyclic) bond motifs is 1. The number of nitrogens with one attached hydrogen (secondary N) is 1. The molecule has 2 aliphatic heterocycles. The van der Waals surface area contributed by atoms with Crippen LogP contribution in [-0.4, -0.2) is 25.8 Å². The smallest absolute Gasteiger partial charge is 0.126 e. The summed E-state index contributed by atoms with van der Waals surface area (Å²) in [6.07, 6.45) is 3.67. The minimum absolute atomic E-state index is 0.321. The van der Waals surface area contributed by atoms with Crippen molar-refractivity contribution in [2.45, 2.75) is 25.4 Å². The maximum atomic E-state index is 5.90. The molecule has 1 atom stereocenters. The maximum Gasteiger partial charge on any atom is 0.126 e. The fourth-order valence-corrected chi connectivity index (χ4v) is 2.32. The van der Waals surface area contributed by atoms with Crippen LogP contribution in [0.15, 0.2) is 18.2 Å². The highest BCUT2D eigenvalue weighted by Gasteiger charge is 2.17. The summed E-state index contributed by atoms with van der Waals surface area (Å²) in [5, 5.41) is 3.30. The number of hydrogen-bond donors (Lipinski definition) is 1. The number of hydrogen-bond acceptors (Lipinski definition) is 3. The highest BCUT2D eigenvalue weighted by molar-refractivity contribution is 5.41. The van der Waals surface area contributed by atoms with Crippen molar-refractivity contribution in [2.75, 3.05) is 19.7 Å². The molecule has 0 spiro atoms. The van der Waals surface area contributed by atoms with Crippen molar-refractivity contribution in [1.29, 1.82) is 0 Å². The lowest BCUT2D eigenvalue weighted by Crippen LogP contribution is -2.19. The molecule has 1 fully saturated rings. The molecule has 0 radical (unpaired) electrons. The second-order valence-electron chi connectivity index (χ2n) is 4.45. The van der Waals surface area contributed by atoms with Crippen molar-refractivity contribution < 1.29 is 9.47 Å². The van der Waals surface area contributed by atoms with E-state index in [1.807, 2.05) is 6.07 Å². The molecule has 1 aromatic rings. The van der Waals surface area contributed by atoms with Crippen LogP contribution in [0.3, 0.4) is 0 Å². The van der Waals surface area contributed by atoms with Crippen LogP contribution in [0.5, 0.6) is 11.5 Å². The van der Waals surface area contributed by atoms with Crippen LogP contribution in [0.4, 0.5) is 0 Å². The van der Waals surface area contributed by atoms with Crippen molar-refractivity contribution in [2.24, 2.45) is 0 Å². The number of benzene rings is 1. The molecule has 3 rings (SSSR count). The number of aryl methyl sites for hydroxylation is 1. The summed E-state index contributed by atoms with van der Waals surface area (Å²) in [4.78, 5) is 0. The molecule has 1 N–H and O–H groups in total. The van der Waals surface area contributed by atoms with E-state index in [2.05, 4.69) is 17.4 Å². The lowest BCUT2D eigenvalue weighted by atomic mass is 10.1. The van der Waals surface area contributed by atoms with Gasteiger partial charge in [0, 0.05) is 12.6 Å². The van der Waals surface area contributed by atoms with Crippen molar-refractivity contribution in [3.8, 4) is 11.5 Å². The summed E-state index contributed by atoms with van der Waals surface area (Å²) in [6.45, 7) is 2.85. The molecule has 3 nitrogen and oxygen atoms in total. The molecule has 0 bridgehead atoms. The summed E-state index contributed by atoms with van der Waals surface area (Å²) >= 11 is 0. The fourth-order valence-electron chi connectivity index (χ4n) is 2.32. The number of rotatable bonds is 2. The van der Waals surface area contributed by atoms with Gasteiger partial charge in [-0.05, 0) is 37.4 Å². The monoisotopic (exact) mass is 219 g/mol. The molecule has 0 aliphatic carbocycles. The second kappa shape index (κ2) is 4.34. The van der Waals surface area contributed by atoms with Crippen molar-refractivity contribution in [1.82, 2.24) is 5.32 Å². The van der Waals surface area contributed by atoms with Gasteiger partial charge in [-0.25, -0.2) is 0 Å². The number of ether oxygens (including phenoxy) is 2. The molecular weight excluding hydrogens is 202 g/mol. The first-order valence-electron chi connectivity index (χ1n) is 6.05. The molecule has 2 heterocycles. The molecular formula is C13H17NO2. The first-order chi connectivity index (χ1) is 7.92. The third-order valence-corrected chi connectivity index (χ3v) is 3.20. The van der Waals surface area contributed by atoms with Gasteiger partial charge >= 0.3 is 0 Å². The topological polar surface area (TPSA) is 30.5 Å². The van der Waals surface area contributed by atoms with E-state index in [1.165, 1.54) is 5.56 Å². The van der Waals surface area contributed by atoms with Crippen LogP contribution in [0.2, 0.25) is 0 Å². The Hall–Kier alpha value is -1.22. The summed E-state index contributed by atoms with van der Waals surface area (Å²) in [5.41, 5.74) is 1.31. The van der Waals surface area contributed by atoms with Gasteiger partial charge in [-0.15, -0.1) is 0 Å². The highest BCUT2D eigenvalue weighted by Crippen LogP contribution is 2.29. The van der Waals surface area contributed by atoms with E-state index in [9.17, 15) is 0 Å². The molecule has 0 aromatic heterocycles. The largest absolute Gasteiger partial charge is 0.493 e. The normalized spacial score (nSPS) is 23.6. The zero-order chi connectivity index (χ0) is 10.8. The molecule has 0 saturated carbocycles. The first-order valence-corrected chi connectivity index (χ1v) is 6.05. The van der Waals surface area contributed by atoms with Crippen LogP contribution in [-0.2, 0) is 6.42 Å². The third-order valence-electron chi connectivity index (χ3n) is 3.20. The summed E-state index contributed by atoms with van der Waals surface area (Å²) < 4.78 is 11.5. The van der Waals surface area contributed by atoms with Crippen LogP contribution in [0.25, 0.3) is 0 Å². The average Bonchev–Trinajstić information content (AvgIpc) is 2.82. The predicted octanol–water partition coefficient (Wildman–Crippen LogP) is 1.75. The van der Waals surface area contributed by atoms with Crippen LogP contribution < -0.4 is 14.8 Å².